The number of hydrogen-bond acceptors (Lipinski definition) is 4. The summed E-state index contributed by atoms with van der Waals surface area (Å²) < 4.78 is 11.0. The Balaban J connectivity index is 1.85. The second kappa shape index (κ2) is 6.27. The van der Waals surface area contributed by atoms with Crippen molar-refractivity contribution in [3.05, 3.63) is 67.6 Å². The Morgan fingerprint density at radius 3 is 2.52 bits per heavy atom. The van der Waals surface area contributed by atoms with Crippen molar-refractivity contribution < 1.29 is 4.74 Å². The quantitative estimate of drug-likeness (QED) is 0.465. The molecule has 4 aromatic rings. The van der Waals surface area contributed by atoms with Crippen LogP contribution < -0.4 is 10.3 Å². The lowest BCUT2D eigenvalue weighted by Gasteiger charge is -2.10. The van der Waals surface area contributed by atoms with E-state index in [0.29, 0.717) is 22.7 Å². The first kappa shape index (κ1) is 16.3. The second-order valence-corrected chi connectivity index (χ2v) is 7.18. The van der Waals surface area contributed by atoms with Gasteiger partial charge in [0.05, 0.1) is 19.8 Å². The van der Waals surface area contributed by atoms with E-state index in [4.69, 9.17) is 4.74 Å². The van der Waals surface area contributed by atoms with Crippen molar-refractivity contribution in [3.63, 3.8) is 0 Å². The summed E-state index contributed by atoms with van der Waals surface area (Å²) in [5.74, 6) is 1.78. The summed E-state index contributed by atoms with van der Waals surface area (Å²) in [6, 6.07) is 13.1. The largest absolute Gasteiger partial charge is 0.483 e. The molecule has 0 saturated heterocycles. The van der Waals surface area contributed by atoms with Crippen molar-refractivity contribution in [1.82, 2.24) is 19.2 Å². The van der Waals surface area contributed by atoms with Crippen LogP contribution in [0.5, 0.6) is 5.75 Å². The van der Waals surface area contributed by atoms with Crippen molar-refractivity contribution >= 4 is 48.5 Å². The van der Waals surface area contributed by atoms with Crippen LogP contribution in [0.4, 0.5) is 0 Å². The molecule has 0 amide bonds. The van der Waals surface area contributed by atoms with Gasteiger partial charge in [0.2, 0.25) is 5.78 Å². The molecule has 0 aliphatic carbocycles. The zero-order valence-corrected chi connectivity index (χ0v) is 16.3. The Hall–Kier alpha value is -2.19. The van der Waals surface area contributed by atoms with Crippen LogP contribution in [-0.2, 0) is 13.7 Å². The third-order valence-corrected chi connectivity index (χ3v) is 5.21. The predicted molar refractivity (Wildman–Crippen MR) is 102 cm³/mol. The van der Waals surface area contributed by atoms with Crippen molar-refractivity contribution in [2.75, 3.05) is 0 Å². The normalized spacial score (nSPS) is 11.3. The van der Waals surface area contributed by atoms with E-state index in [1.807, 2.05) is 40.8 Å². The average molecular weight is 464 g/mol. The summed E-state index contributed by atoms with van der Waals surface area (Å²) in [7, 11) is 1.69. The van der Waals surface area contributed by atoms with Gasteiger partial charge in [-0.3, -0.25) is 13.8 Å². The first-order valence-electron chi connectivity index (χ1n) is 7.46. The van der Waals surface area contributed by atoms with E-state index >= 15 is 0 Å². The highest BCUT2D eigenvalue weighted by Gasteiger charge is 2.15. The van der Waals surface area contributed by atoms with E-state index in [0.717, 1.165) is 14.5 Å². The van der Waals surface area contributed by atoms with E-state index in [1.54, 1.807) is 13.1 Å². The molecule has 25 heavy (non-hydrogen) atoms. The Morgan fingerprint density at radius 2 is 1.76 bits per heavy atom. The van der Waals surface area contributed by atoms with Crippen LogP contribution in [0, 0.1) is 0 Å². The number of halogens is 2. The summed E-state index contributed by atoms with van der Waals surface area (Å²) in [4.78, 5) is 12.5. The lowest BCUT2D eigenvalue weighted by Crippen LogP contribution is -2.20. The number of fused-ring (bicyclic) bond motifs is 3. The topological polar surface area (TPSA) is 61.4 Å². The molecule has 2 aromatic carbocycles. The number of aromatic nitrogens is 4. The number of aryl methyl sites for hydroxylation is 1. The summed E-state index contributed by atoms with van der Waals surface area (Å²) in [5.41, 5.74) is 0.659. The van der Waals surface area contributed by atoms with E-state index in [-0.39, 0.29) is 12.2 Å². The Labute approximate surface area is 159 Å². The van der Waals surface area contributed by atoms with Crippen LogP contribution >= 0.6 is 31.9 Å². The lowest BCUT2D eigenvalue weighted by molar-refractivity contribution is 0.291. The van der Waals surface area contributed by atoms with Gasteiger partial charge in [-0.15, -0.1) is 10.2 Å². The van der Waals surface area contributed by atoms with Crippen LogP contribution in [0.15, 0.2) is 56.2 Å². The molecule has 4 rings (SSSR count). The minimum absolute atomic E-state index is 0.100. The third-order valence-electron chi connectivity index (χ3n) is 3.96. The molecule has 0 atom stereocenters. The van der Waals surface area contributed by atoms with Gasteiger partial charge in [-0.25, -0.2) is 0 Å². The first-order valence-corrected chi connectivity index (χ1v) is 9.05. The Bertz CT molecular complexity index is 1150. The minimum Gasteiger partial charge on any atom is -0.483 e. The maximum Gasteiger partial charge on any atom is 0.262 e. The highest BCUT2D eigenvalue weighted by molar-refractivity contribution is 9.11. The Kier molecular flexibility index (Phi) is 4.09. The highest BCUT2D eigenvalue weighted by Crippen LogP contribution is 2.33. The van der Waals surface area contributed by atoms with Crippen molar-refractivity contribution in [3.8, 4) is 5.75 Å². The van der Waals surface area contributed by atoms with E-state index < -0.39 is 0 Å². The summed E-state index contributed by atoms with van der Waals surface area (Å²) in [5, 5.41) is 8.99. The highest BCUT2D eigenvalue weighted by atomic mass is 79.9. The number of benzene rings is 2. The summed E-state index contributed by atoms with van der Waals surface area (Å²) in [6.45, 7) is 0.213. The van der Waals surface area contributed by atoms with Gasteiger partial charge in [-0.1, -0.05) is 18.2 Å². The summed E-state index contributed by atoms with van der Waals surface area (Å²) in [6.07, 6.45) is 0. The van der Waals surface area contributed by atoms with Crippen LogP contribution in [0.1, 0.15) is 5.82 Å². The lowest BCUT2D eigenvalue weighted by atomic mass is 10.2. The third kappa shape index (κ3) is 2.65. The van der Waals surface area contributed by atoms with Crippen molar-refractivity contribution in [1.29, 1.82) is 0 Å². The predicted octanol–water partition coefficient (Wildman–Crippen LogP) is 3.69. The summed E-state index contributed by atoms with van der Waals surface area (Å²) >= 11 is 6.96. The zero-order valence-electron chi connectivity index (χ0n) is 13.1. The van der Waals surface area contributed by atoms with Crippen LogP contribution in [0.25, 0.3) is 16.7 Å². The van der Waals surface area contributed by atoms with E-state index in [9.17, 15) is 4.79 Å². The van der Waals surface area contributed by atoms with Crippen LogP contribution in [0.3, 0.4) is 0 Å². The van der Waals surface area contributed by atoms with Gasteiger partial charge in [0, 0.05) is 7.05 Å². The molecule has 0 radical (unpaired) electrons. The number of hydrogen-bond donors (Lipinski definition) is 0. The molecular weight excluding hydrogens is 452 g/mol. The Morgan fingerprint density at radius 1 is 1.04 bits per heavy atom. The molecule has 8 heteroatoms. The number of ether oxygens (including phenoxy) is 1. The molecule has 0 aliphatic rings. The van der Waals surface area contributed by atoms with E-state index in [2.05, 4.69) is 42.1 Å². The standard InChI is InChI=1S/C17H12Br2N4O2/c1-22-16(24)10-5-2-3-8-13(10)23-14(20-21-17(22)23)9-25-15-11(18)6-4-7-12(15)19/h2-8H,9H2,1H3. The molecule has 0 fully saturated rings. The zero-order chi connectivity index (χ0) is 17.6. The van der Waals surface area contributed by atoms with Crippen molar-refractivity contribution in [2.24, 2.45) is 7.05 Å². The van der Waals surface area contributed by atoms with Crippen LogP contribution in [0.2, 0.25) is 0 Å². The number of rotatable bonds is 3. The SMILES string of the molecule is Cn1c(=O)c2ccccc2n2c(COc3c(Br)cccc3Br)nnc12. The molecule has 0 spiro atoms. The molecular formula is C17H12Br2N4O2. The number of para-hydroxylation sites is 2. The molecule has 0 saturated carbocycles. The fourth-order valence-corrected chi connectivity index (χ4v) is 3.97. The molecule has 2 aromatic heterocycles. The monoisotopic (exact) mass is 462 g/mol. The molecule has 6 nitrogen and oxygen atoms in total. The van der Waals surface area contributed by atoms with Crippen molar-refractivity contribution in [2.45, 2.75) is 6.61 Å². The van der Waals surface area contributed by atoms with Gasteiger partial charge < -0.3 is 4.74 Å². The van der Waals surface area contributed by atoms with E-state index in [1.165, 1.54) is 4.57 Å². The van der Waals surface area contributed by atoms with Crippen LogP contribution in [-0.4, -0.2) is 19.2 Å². The van der Waals surface area contributed by atoms with Gasteiger partial charge in [-0.2, -0.15) is 0 Å². The average Bonchev–Trinajstić information content (AvgIpc) is 3.03. The molecule has 126 valence electrons. The van der Waals surface area contributed by atoms with Gasteiger partial charge >= 0.3 is 0 Å². The number of nitrogens with zero attached hydrogens (tertiary/aromatic N) is 4. The molecule has 0 unspecified atom stereocenters. The molecule has 0 aliphatic heterocycles. The van der Waals surface area contributed by atoms with Gasteiger partial charge in [0.25, 0.3) is 5.56 Å². The smallest absolute Gasteiger partial charge is 0.262 e. The molecule has 2 heterocycles. The maximum absolute atomic E-state index is 12.5. The van der Waals surface area contributed by atoms with Gasteiger partial charge in [0.1, 0.15) is 12.4 Å². The minimum atomic E-state index is -0.100. The molecule has 0 N–H and O–H groups in total. The van der Waals surface area contributed by atoms with Gasteiger partial charge in [0.15, 0.2) is 5.82 Å². The second-order valence-electron chi connectivity index (χ2n) is 5.47. The van der Waals surface area contributed by atoms with Gasteiger partial charge in [-0.05, 0) is 56.1 Å². The molecule has 0 bridgehead atoms. The fraction of sp³-hybridized carbons (Fsp3) is 0.118. The maximum atomic E-state index is 12.5. The fourth-order valence-electron chi connectivity index (χ4n) is 2.74. The first-order chi connectivity index (χ1) is 12.1.